The molecule has 0 aliphatic heterocycles. The van der Waals surface area contributed by atoms with Crippen molar-refractivity contribution in [3.63, 3.8) is 0 Å². The van der Waals surface area contributed by atoms with E-state index >= 15 is 0 Å². The normalized spacial score (nSPS) is 13.4. The van der Waals surface area contributed by atoms with Crippen molar-refractivity contribution in [2.45, 2.75) is 32.5 Å². The zero-order chi connectivity index (χ0) is 18.7. The van der Waals surface area contributed by atoms with Crippen LogP contribution in [0.2, 0.25) is 0 Å². The standard InChI is InChI=1S/C19H19F3N4/c1-3-13(2)26-12-14(16-6-4-5-7-17(16)26)10-24-25-18-9-8-15(11-23-18)19(20,21)22/h4-13H,3H2,1-2H3,(H,23,25)/b24-10-/t13-/m0/s1. The molecule has 4 nitrogen and oxygen atoms in total. The molecule has 7 heteroatoms. The molecule has 0 aliphatic carbocycles. The van der Waals surface area contributed by atoms with Crippen molar-refractivity contribution in [1.29, 1.82) is 0 Å². The molecule has 3 aromatic rings. The molecule has 0 saturated carbocycles. The summed E-state index contributed by atoms with van der Waals surface area (Å²) in [6.07, 6.45) is 1.08. The summed E-state index contributed by atoms with van der Waals surface area (Å²) in [6.45, 7) is 4.28. The second kappa shape index (κ2) is 7.19. The summed E-state index contributed by atoms with van der Waals surface area (Å²) < 4.78 is 39.8. The van der Waals surface area contributed by atoms with Crippen molar-refractivity contribution in [1.82, 2.24) is 9.55 Å². The largest absolute Gasteiger partial charge is 0.417 e. The molecule has 0 spiro atoms. The van der Waals surface area contributed by atoms with Gasteiger partial charge in [-0.1, -0.05) is 25.1 Å². The maximum absolute atomic E-state index is 12.5. The average molecular weight is 360 g/mol. The zero-order valence-corrected chi connectivity index (χ0v) is 14.5. The number of fused-ring (bicyclic) bond motifs is 1. The van der Waals surface area contributed by atoms with Gasteiger partial charge in [0, 0.05) is 34.9 Å². The maximum atomic E-state index is 12.5. The van der Waals surface area contributed by atoms with E-state index in [0.29, 0.717) is 6.04 Å². The fourth-order valence-electron chi connectivity index (χ4n) is 2.69. The second-order valence-electron chi connectivity index (χ2n) is 6.07. The topological polar surface area (TPSA) is 42.2 Å². The Kier molecular flexibility index (Phi) is 4.97. The van der Waals surface area contributed by atoms with Crippen molar-refractivity contribution >= 4 is 22.9 Å². The van der Waals surface area contributed by atoms with Gasteiger partial charge in [-0.3, -0.25) is 5.43 Å². The number of hydrogen-bond donors (Lipinski definition) is 1. The predicted octanol–water partition coefficient (Wildman–Crippen LogP) is 5.47. The van der Waals surface area contributed by atoms with Gasteiger partial charge in [-0.25, -0.2) is 4.98 Å². The number of halogens is 3. The summed E-state index contributed by atoms with van der Waals surface area (Å²) in [6, 6.07) is 10.6. The molecular weight excluding hydrogens is 341 g/mol. The van der Waals surface area contributed by atoms with Crippen LogP contribution in [-0.2, 0) is 6.18 Å². The van der Waals surface area contributed by atoms with Crippen LogP contribution in [0, 0.1) is 0 Å². The number of hydrogen-bond acceptors (Lipinski definition) is 3. The van der Waals surface area contributed by atoms with E-state index in [2.05, 4.69) is 40.0 Å². The summed E-state index contributed by atoms with van der Waals surface area (Å²) in [5, 5.41) is 5.19. The monoisotopic (exact) mass is 360 g/mol. The van der Waals surface area contributed by atoms with Crippen molar-refractivity contribution < 1.29 is 13.2 Å². The maximum Gasteiger partial charge on any atom is 0.417 e. The highest BCUT2D eigenvalue weighted by atomic mass is 19.4. The molecule has 3 rings (SSSR count). The molecule has 0 saturated heterocycles. The Bertz CT molecular complexity index is 911. The average Bonchev–Trinajstić information content (AvgIpc) is 3.00. The molecule has 0 unspecified atom stereocenters. The van der Waals surface area contributed by atoms with Gasteiger partial charge < -0.3 is 4.57 Å². The fourth-order valence-corrected chi connectivity index (χ4v) is 2.69. The number of para-hydroxylation sites is 1. The number of pyridine rings is 1. The van der Waals surface area contributed by atoms with Gasteiger partial charge >= 0.3 is 6.18 Å². The first-order valence-electron chi connectivity index (χ1n) is 8.32. The first-order chi connectivity index (χ1) is 12.4. The molecule has 2 heterocycles. The lowest BCUT2D eigenvalue weighted by molar-refractivity contribution is -0.137. The molecule has 1 N–H and O–H groups in total. The highest BCUT2D eigenvalue weighted by Crippen LogP contribution is 2.29. The van der Waals surface area contributed by atoms with Crippen LogP contribution < -0.4 is 5.43 Å². The van der Waals surface area contributed by atoms with Crippen molar-refractivity contribution in [2.75, 3.05) is 5.43 Å². The van der Waals surface area contributed by atoms with Crippen LogP contribution in [0.25, 0.3) is 10.9 Å². The van der Waals surface area contributed by atoms with Gasteiger partial charge in [-0.05, 0) is 31.5 Å². The molecule has 0 bridgehead atoms. The summed E-state index contributed by atoms with van der Waals surface area (Å²) in [7, 11) is 0. The first kappa shape index (κ1) is 18.0. The van der Waals surface area contributed by atoms with E-state index < -0.39 is 11.7 Å². The van der Waals surface area contributed by atoms with Gasteiger partial charge in [0.25, 0.3) is 0 Å². The van der Waals surface area contributed by atoms with Gasteiger partial charge in [-0.15, -0.1) is 0 Å². The molecule has 0 aliphatic rings. The Hall–Kier alpha value is -2.83. The zero-order valence-electron chi connectivity index (χ0n) is 14.5. The van der Waals surface area contributed by atoms with Crippen molar-refractivity contribution in [2.24, 2.45) is 5.10 Å². The molecule has 0 fully saturated rings. The number of rotatable bonds is 5. The van der Waals surface area contributed by atoms with E-state index in [1.165, 1.54) is 6.07 Å². The lowest BCUT2D eigenvalue weighted by Gasteiger charge is -2.12. The Morgan fingerprint density at radius 3 is 2.65 bits per heavy atom. The van der Waals surface area contributed by atoms with Crippen LogP contribution in [0.3, 0.4) is 0 Å². The molecule has 2 aromatic heterocycles. The third kappa shape index (κ3) is 3.71. The summed E-state index contributed by atoms with van der Waals surface area (Å²) in [5.74, 6) is 0.250. The van der Waals surface area contributed by atoms with Gasteiger partial charge in [0.1, 0.15) is 5.82 Å². The Balaban J connectivity index is 1.81. The number of benzene rings is 1. The number of aromatic nitrogens is 2. The van der Waals surface area contributed by atoms with Gasteiger partial charge in [-0.2, -0.15) is 18.3 Å². The molecule has 0 amide bonds. The van der Waals surface area contributed by atoms with E-state index in [-0.39, 0.29) is 5.82 Å². The number of nitrogens with zero attached hydrogens (tertiary/aromatic N) is 3. The van der Waals surface area contributed by atoms with Crippen LogP contribution in [0.1, 0.15) is 37.4 Å². The van der Waals surface area contributed by atoms with E-state index in [1.54, 1.807) is 6.21 Å². The summed E-state index contributed by atoms with van der Waals surface area (Å²) >= 11 is 0. The van der Waals surface area contributed by atoms with Crippen LogP contribution in [0.4, 0.5) is 19.0 Å². The number of alkyl halides is 3. The lowest BCUT2D eigenvalue weighted by Crippen LogP contribution is -2.05. The first-order valence-corrected chi connectivity index (χ1v) is 8.32. The fraction of sp³-hybridized carbons (Fsp3) is 0.263. The molecule has 26 heavy (non-hydrogen) atoms. The van der Waals surface area contributed by atoms with Crippen molar-refractivity contribution in [3.8, 4) is 0 Å². The molecular formula is C19H19F3N4. The lowest BCUT2D eigenvalue weighted by atomic mass is 10.2. The van der Waals surface area contributed by atoms with E-state index in [0.717, 1.165) is 35.2 Å². The molecule has 1 atom stereocenters. The van der Waals surface area contributed by atoms with Crippen LogP contribution in [0.5, 0.6) is 0 Å². The molecule has 136 valence electrons. The van der Waals surface area contributed by atoms with Crippen LogP contribution >= 0.6 is 0 Å². The minimum Gasteiger partial charge on any atom is -0.344 e. The Labute approximate surface area is 149 Å². The Morgan fingerprint density at radius 2 is 2.00 bits per heavy atom. The van der Waals surface area contributed by atoms with Crippen molar-refractivity contribution in [3.05, 3.63) is 59.9 Å². The molecule has 0 radical (unpaired) electrons. The van der Waals surface area contributed by atoms with E-state index in [4.69, 9.17) is 0 Å². The van der Waals surface area contributed by atoms with Gasteiger partial charge in [0.05, 0.1) is 11.8 Å². The number of anilines is 1. The second-order valence-corrected chi connectivity index (χ2v) is 6.07. The predicted molar refractivity (Wildman–Crippen MR) is 97.4 cm³/mol. The third-order valence-electron chi connectivity index (χ3n) is 4.31. The Morgan fingerprint density at radius 1 is 1.23 bits per heavy atom. The van der Waals surface area contributed by atoms with E-state index in [9.17, 15) is 13.2 Å². The van der Waals surface area contributed by atoms with Crippen LogP contribution in [0.15, 0.2) is 53.9 Å². The minimum atomic E-state index is -4.40. The quantitative estimate of drug-likeness (QED) is 0.484. The molecule has 1 aromatic carbocycles. The number of hydrazone groups is 1. The summed E-state index contributed by atoms with van der Waals surface area (Å²) in [5.41, 5.74) is 3.93. The third-order valence-corrected chi connectivity index (χ3v) is 4.31. The van der Waals surface area contributed by atoms with Gasteiger partial charge in [0.15, 0.2) is 0 Å². The van der Waals surface area contributed by atoms with Crippen LogP contribution in [-0.4, -0.2) is 15.8 Å². The highest BCUT2D eigenvalue weighted by Gasteiger charge is 2.30. The van der Waals surface area contributed by atoms with Gasteiger partial charge in [0.2, 0.25) is 0 Å². The van der Waals surface area contributed by atoms with E-state index in [1.807, 2.05) is 24.4 Å². The number of nitrogens with one attached hydrogen (secondary N) is 1. The SMILES string of the molecule is CC[C@H](C)n1cc(/C=N\Nc2ccc(C(F)(F)F)cn2)c2ccccc21. The highest BCUT2D eigenvalue weighted by molar-refractivity contribution is 5.99. The smallest absolute Gasteiger partial charge is 0.344 e. The minimum absolute atomic E-state index is 0.250. The summed E-state index contributed by atoms with van der Waals surface area (Å²) in [4.78, 5) is 3.74.